The van der Waals surface area contributed by atoms with Crippen LogP contribution in [0.1, 0.15) is 31.7 Å². The maximum Gasteiger partial charge on any atom is 0.221 e. The second-order valence-electron chi connectivity index (χ2n) is 5.12. The van der Waals surface area contributed by atoms with E-state index in [-0.39, 0.29) is 0 Å². The van der Waals surface area contributed by atoms with Gasteiger partial charge in [0, 0.05) is 19.1 Å². The van der Waals surface area contributed by atoms with E-state index in [4.69, 9.17) is 4.74 Å². The quantitative estimate of drug-likeness (QED) is 0.882. The van der Waals surface area contributed by atoms with E-state index in [2.05, 4.69) is 27.1 Å². The minimum Gasteiger partial charge on any atom is -0.481 e. The van der Waals surface area contributed by atoms with Gasteiger partial charge in [0.05, 0.1) is 12.7 Å². The minimum atomic E-state index is 0.506. The molecule has 0 atom stereocenters. The van der Waals surface area contributed by atoms with Crippen molar-refractivity contribution in [1.82, 2.24) is 14.9 Å². The van der Waals surface area contributed by atoms with E-state index in [1.165, 1.54) is 38.9 Å². The topological polar surface area (TPSA) is 50.3 Å². The second-order valence-corrected chi connectivity index (χ2v) is 5.12. The lowest BCUT2D eigenvalue weighted by molar-refractivity contribution is 0.219. The summed E-state index contributed by atoms with van der Waals surface area (Å²) in [6.45, 7) is 7.79. The van der Waals surface area contributed by atoms with Crippen molar-refractivity contribution in [3.8, 4) is 5.88 Å². The van der Waals surface area contributed by atoms with Crippen LogP contribution >= 0.6 is 0 Å². The van der Waals surface area contributed by atoms with Gasteiger partial charge in [0.25, 0.3) is 0 Å². The number of likely N-dealkylation sites (tertiary alicyclic amines) is 1. The number of hydrogen-bond acceptors (Lipinski definition) is 5. The number of aromatic nitrogens is 2. The van der Waals surface area contributed by atoms with Crippen LogP contribution in [0.15, 0.2) is 6.33 Å². The van der Waals surface area contributed by atoms with Gasteiger partial charge in [-0.3, -0.25) is 0 Å². The number of nitrogens with one attached hydrogen (secondary N) is 1. The number of nitrogens with zero attached hydrogens (tertiary/aromatic N) is 3. The molecule has 1 aromatic heterocycles. The van der Waals surface area contributed by atoms with Gasteiger partial charge in [0.2, 0.25) is 5.88 Å². The first-order valence-corrected chi connectivity index (χ1v) is 7.09. The second kappa shape index (κ2) is 6.70. The summed E-state index contributed by atoms with van der Waals surface area (Å²) in [4.78, 5) is 11.0. The molecule has 1 aliphatic heterocycles. The number of rotatable bonds is 5. The first-order chi connectivity index (χ1) is 9.24. The van der Waals surface area contributed by atoms with Gasteiger partial charge in [0.15, 0.2) is 0 Å². The van der Waals surface area contributed by atoms with Crippen molar-refractivity contribution in [2.24, 2.45) is 0 Å². The zero-order chi connectivity index (χ0) is 13.7. The van der Waals surface area contributed by atoms with E-state index in [9.17, 15) is 0 Å². The molecule has 2 rings (SSSR count). The third kappa shape index (κ3) is 3.56. The molecule has 0 bridgehead atoms. The fourth-order valence-electron chi connectivity index (χ4n) is 2.60. The summed E-state index contributed by atoms with van der Waals surface area (Å²) in [5.41, 5.74) is 0.987. The number of ether oxygens (including phenoxy) is 1. The molecule has 0 saturated carbocycles. The summed E-state index contributed by atoms with van der Waals surface area (Å²) >= 11 is 0. The van der Waals surface area contributed by atoms with Crippen molar-refractivity contribution in [2.45, 2.75) is 39.2 Å². The van der Waals surface area contributed by atoms with Crippen LogP contribution in [0.2, 0.25) is 0 Å². The summed E-state index contributed by atoms with van der Waals surface area (Å²) in [6.07, 6.45) is 5.14. The molecule has 5 heteroatoms. The summed E-state index contributed by atoms with van der Waals surface area (Å²) in [5, 5.41) is 3.53. The molecule has 1 aliphatic rings. The maximum absolute atomic E-state index is 5.22. The molecule has 19 heavy (non-hydrogen) atoms. The number of methoxy groups -OCH3 is 1. The largest absolute Gasteiger partial charge is 0.481 e. The Bertz CT molecular complexity index is 402. The van der Waals surface area contributed by atoms with Crippen LogP contribution in [0, 0.1) is 6.92 Å². The Morgan fingerprint density at radius 1 is 1.37 bits per heavy atom. The van der Waals surface area contributed by atoms with Crippen molar-refractivity contribution < 1.29 is 4.74 Å². The average molecular weight is 264 g/mol. The van der Waals surface area contributed by atoms with Crippen molar-refractivity contribution in [1.29, 1.82) is 0 Å². The van der Waals surface area contributed by atoms with E-state index < -0.39 is 0 Å². The van der Waals surface area contributed by atoms with Gasteiger partial charge in [-0.1, -0.05) is 6.92 Å². The molecular formula is C14H24N4O. The number of piperidine rings is 1. The fraction of sp³-hybridized carbons (Fsp3) is 0.714. The van der Waals surface area contributed by atoms with E-state index >= 15 is 0 Å². The Hall–Kier alpha value is -1.36. The Morgan fingerprint density at radius 3 is 2.74 bits per heavy atom. The maximum atomic E-state index is 5.22. The molecule has 0 aliphatic carbocycles. The molecule has 2 heterocycles. The fourth-order valence-corrected chi connectivity index (χ4v) is 2.60. The van der Waals surface area contributed by atoms with Crippen molar-refractivity contribution >= 4 is 5.82 Å². The standard InChI is InChI=1S/C14H24N4O/c1-4-7-18-8-5-12(6-9-18)17-13-11(2)14(19-3)16-10-15-13/h10,12H,4-9H2,1-3H3,(H,15,16,17). The Balaban J connectivity index is 1.92. The average Bonchev–Trinajstić information content (AvgIpc) is 2.43. The van der Waals surface area contributed by atoms with Gasteiger partial charge in [-0.15, -0.1) is 0 Å². The van der Waals surface area contributed by atoms with Crippen LogP contribution in [0.25, 0.3) is 0 Å². The highest BCUT2D eigenvalue weighted by Gasteiger charge is 2.19. The smallest absolute Gasteiger partial charge is 0.221 e. The lowest BCUT2D eigenvalue weighted by Crippen LogP contribution is -2.39. The van der Waals surface area contributed by atoms with Crippen molar-refractivity contribution in [3.63, 3.8) is 0 Å². The Labute approximate surface area is 115 Å². The minimum absolute atomic E-state index is 0.506. The van der Waals surface area contributed by atoms with Gasteiger partial charge in [-0.05, 0) is 32.7 Å². The molecular weight excluding hydrogens is 240 g/mol. The summed E-state index contributed by atoms with van der Waals surface area (Å²) in [5.74, 6) is 1.56. The highest BCUT2D eigenvalue weighted by molar-refractivity contribution is 5.48. The molecule has 0 spiro atoms. The molecule has 1 fully saturated rings. The van der Waals surface area contributed by atoms with Gasteiger partial charge >= 0.3 is 0 Å². The van der Waals surface area contributed by atoms with Gasteiger partial charge in [-0.2, -0.15) is 0 Å². The third-order valence-corrected chi connectivity index (χ3v) is 3.70. The van der Waals surface area contributed by atoms with Crippen LogP contribution in [0.3, 0.4) is 0 Å². The molecule has 5 nitrogen and oxygen atoms in total. The SMILES string of the molecule is CCCN1CCC(Nc2ncnc(OC)c2C)CC1. The van der Waals surface area contributed by atoms with Crippen molar-refractivity contribution in [2.75, 3.05) is 32.1 Å². The Morgan fingerprint density at radius 2 is 2.11 bits per heavy atom. The van der Waals surface area contributed by atoms with E-state index in [1.54, 1.807) is 13.4 Å². The first kappa shape index (κ1) is 14.1. The third-order valence-electron chi connectivity index (χ3n) is 3.70. The zero-order valence-corrected chi connectivity index (χ0v) is 12.1. The molecule has 1 saturated heterocycles. The summed E-state index contributed by atoms with van der Waals surface area (Å²) in [7, 11) is 1.64. The Kier molecular flexibility index (Phi) is 4.96. The number of hydrogen-bond donors (Lipinski definition) is 1. The normalized spacial score (nSPS) is 17.4. The first-order valence-electron chi connectivity index (χ1n) is 7.09. The molecule has 106 valence electrons. The predicted octanol–water partition coefficient (Wildman–Crippen LogP) is 2.08. The van der Waals surface area contributed by atoms with Crippen LogP contribution in [-0.4, -0.2) is 47.7 Å². The highest BCUT2D eigenvalue weighted by Crippen LogP contribution is 2.22. The molecule has 0 amide bonds. The van der Waals surface area contributed by atoms with Crippen LogP contribution in [0.5, 0.6) is 5.88 Å². The lowest BCUT2D eigenvalue weighted by Gasteiger charge is -2.32. The molecule has 0 unspecified atom stereocenters. The number of anilines is 1. The van der Waals surface area contributed by atoms with Gasteiger partial charge in [0.1, 0.15) is 12.1 Å². The van der Waals surface area contributed by atoms with Gasteiger partial charge in [-0.25, -0.2) is 9.97 Å². The predicted molar refractivity (Wildman–Crippen MR) is 76.7 cm³/mol. The van der Waals surface area contributed by atoms with E-state index in [1.807, 2.05) is 6.92 Å². The molecule has 1 N–H and O–H groups in total. The molecule has 0 radical (unpaired) electrons. The lowest BCUT2D eigenvalue weighted by atomic mass is 10.0. The van der Waals surface area contributed by atoms with Crippen LogP contribution < -0.4 is 10.1 Å². The van der Waals surface area contributed by atoms with Crippen molar-refractivity contribution in [3.05, 3.63) is 11.9 Å². The molecule has 1 aromatic rings. The zero-order valence-electron chi connectivity index (χ0n) is 12.1. The highest BCUT2D eigenvalue weighted by atomic mass is 16.5. The molecule has 0 aromatic carbocycles. The summed E-state index contributed by atoms with van der Waals surface area (Å²) < 4.78 is 5.22. The van der Waals surface area contributed by atoms with E-state index in [0.29, 0.717) is 11.9 Å². The van der Waals surface area contributed by atoms with Crippen LogP contribution in [0.4, 0.5) is 5.82 Å². The monoisotopic (exact) mass is 264 g/mol. The van der Waals surface area contributed by atoms with Crippen LogP contribution in [-0.2, 0) is 0 Å². The van der Waals surface area contributed by atoms with E-state index in [0.717, 1.165) is 11.4 Å². The summed E-state index contributed by atoms with van der Waals surface area (Å²) in [6, 6.07) is 0.506. The van der Waals surface area contributed by atoms with Gasteiger partial charge < -0.3 is 15.0 Å².